The second kappa shape index (κ2) is 44.3. The number of carbonyl (C=O) groups excluding carboxylic acids is 3. The number of unbranched alkanes of at least 4 members (excludes halogenated alkanes) is 14. The minimum Gasteiger partial charge on any atom is -0.462 e. The van der Waals surface area contributed by atoms with Crippen LogP contribution < -0.4 is 0 Å². The maximum atomic E-state index is 12.7. The van der Waals surface area contributed by atoms with Gasteiger partial charge in [-0.15, -0.1) is 0 Å². The van der Waals surface area contributed by atoms with Gasteiger partial charge in [0.25, 0.3) is 0 Å². The van der Waals surface area contributed by atoms with Crippen molar-refractivity contribution in [1.29, 1.82) is 0 Å². The Bertz CT molecular complexity index is 1120. The monoisotopic (exact) mass is 779 g/mol. The Labute approximate surface area is 344 Å². The first-order chi connectivity index (χ1) is 27.5. The summed E-state index contributed by atoms with van der Waals surface area (Å²) in [5.41, 5.74) is 0. The summed E-state index contributed by atoms with van der Waals surface area (Å²) in [6.07, 6.45) is 55.8. The van der Waals surface area contributed by atoms with Crippen molar-refractivity contribution in [3.05, 3.63) is 85.1 Å². The second-order valence-electron chi connectivity index (χ2n) is 14.5. The van der Waals surface area contributed by atoms with Gasteiger partial charge in [0, 0.05) is 19.3 Å². The zero-order valence-corrected chi connectivity index (χ0v) is 36.1. The molecule has 0 radical (unpaired) electrons. The number of esters is 3. The van der Waals surface area contributed by atoms with E-state index in [0.29, 0.717) is 19.3 Å². The molecule has 6 nitrogen and oxygen atoms in total. The van der Waals surface area contributed by atoms with E-state index in [1.165, 1.54) is 44.9 Å². The molecule has 0 saturated carbocycles. The van der Waals surface area contributed by atoms with Crippen LogP contribution in [0, 0.1) is 0 Å². The van der Waals surface area contributed by atoms with Crippen molar-refractivity contribution in [3.8, 4) is 0 Å². The van der Waals surface area contributed by atoms with Gasteiger partial charge in [0.15, 0.2) is 6.10 Å². The van der Waals surface area contributed by atoms with Crippen LogP contribution in [-0.2, 0) is 28.6 Å². The van der Waals surface area contributed by atoms with E-state index in [4.69, 9.17) is 14.2 Å². The quantitative estimate of drug-likeness (QED) is 0.0268. The molecule has 0 N–H and O–H groups in total. The molecule has 0 aliphatic carbocycles. The van der Waals surface area contributed by atoms with Crippen LogP contribution >= 0.6 is 0 Å². The van der Waals surface area contributed by atoms with E-state index < -0.39 is 12.1 Å². The molecule has 0 aromatic heterocycles. The molecule has 0 rings (SSSR count). The lowest BCUT2D eigenvalue weighted by atomic mass is 10.1. The van der Waals surface area contributed by atoms with Crippen LogP contribution in [0.15, 0.2) is 85.1 Å². The zero-order valence-electron chi connectivity index (χ0n) is 36.1. The fraction of sp³-hybridized carbons (Fsp3) is 0.660. The first-order valence-corrected chi connectivity index (χ1v) is 22.6. The van der Waals surface area contributed by atoms with E-state index in [1.54, 1.807) is 0 Å². The molecule has 0 saturated heterocycles. The number of hydrogen-bond donors (Lipinski definition) is 0. The lowest BCUT2D eigenvalue weighted by Gasteiger charge is -2.18. The predicted molar refractivity (Wildman–Crippen MR) is 237 cm³/mol. The molecule has 0 aliphatic heterocycles. The smallest absolute Gasteiger partial charge is 0.306 e. The molecule has 0 spiro atoms. The second-order valence-corrected chi connectivity index (χ2v) is 14.5. The molecule has 56 heavy (non-hydrogen) atoms. The average molecular weight is 779 g/mol. The Hall–Kier alpha value is -3.41. The van der Waals surface area contributed by atoms with E-state index >= 15 is 0 Å². The predicted octanol–water partition coefficient (Wildman–Crippen LogP) is 14.5. The first kappa shape index (κ1) is 52.6. The first-order valence-electron chi connectivity index (χ1n) is 22.6. The maximum absolute atomic E-state index is 12.7. The fourth-order valence-corrected chi connectivity index (χ4v) is 5.82. The Morgan fingerprint density at radius 3 is 1.16 bits per heavy atom. The summed E-state index contributed by atoms with van der Waals surface area (Å²) in [5.74, 6) is -1.02. The van der Waals surface area contributed by atoms with Crippen molar-refractivity contribution in [1.82, 2.24) is 0 Å². The zero-order chi connectivity index (χ0) is 40.8. The SMILES string of the molecule is CC/C=C\C/C=C\C/C=C\C/C=C\CCC(=O)OC(COC(=O)CCCCCCC/C=C\C/C=C\C/C=C\CC)COC(=O)CCCCCCCCCCCC. The molecule has 0 fully saturated rings. The average Bonchev–Trinajstić information content (AvgIpc) is 3.19. The Balaban J connectivity index is 4.51. The number of rotatable bonds is 39. The third-order valence-electron chi connectivity index (χ3n) is 9.16. The third-order valence-corrected chi connectivity index (χ3v) is 9.16. The topological polar surface area (TPSA) is 78.9 Å². The van der Waals surface area contributed by atoms with Gasteiger partial charge in [-0.05, 0) is 77.0 Å². The van der Waals surface area contributed by atoms with Crippen LogP contribution in [0.2, 0.25) is 0 Å². The summed E-state index contributed by atoms with van der Waals surface area (Å²) >= 11 is 0. The van der Waals surface area contributed by atoms with Gasteiger partial charge >= 0.3 is 17.9 Å². The molecule has 0 amide bonds. The van der Waals surface area contributed by atoms with Crippen molar-refractivity contribution >= 4 is 17.9 Å². The molecular formula is C50H82O6. The van der Waals surface area contributed by atoms with Gasteiger partial charge < -0.3 is 14.2 Å². The summed E-state index contributed by atoms with van der Waals surface area (Å²) in [6, 6.07) is 0. The fourth-order valence-electron chi connectivity index (χ4n) is 5.82. The Morgan fingerprint density at radius 1 is 0.375 bits per heavy atom. The van der Waals surface area contributed by atoms with Crippen molar-refractivity contribution < 1.29 is 28.6 Å². The number of hydrogen-bond acceptors (Lipinski definition) is 6. The highest BCUT2D eigenvalue weighted by Crippen LogP contribution is 2.13. The normalized spacial score (nSPS) is 12.8. The van der Waals surface area contributed by atoms with Crippen LogP contribution in [0.4, 0.5) is 0 Å². The van der Waals surface area contributed by atoms with Gasteiger partial charge in [0.2, 0.25) is 0 Å². The lowest BCUT2D eigenvalue weighted by Crippen LogP contribution is -2.30. The van der Waals surface area contributed by atoms with Crippen LogP contribution in [0.3, 0.4) is 0 Å². The standard InChI is InChI=1S/C50H82O6/c1-4-7-10-13-16-19-22-24-25-27-28-31-34-37-40-43-49(52)55-46-47(45-54-48(51)42-39-36-33-30-21-18-15-12-9-6-3)56-50(53)44-41-38-35-32-29-26-23-20-17-14-11-8-5-2/h7-8,10-11,16-17,19-20,24-26,29,35,38,47H,4-6,9,12-15,18,21-23,27-28,30-34,36-37,39-46H2,1-3H3/b10-7-,11-8-,19-16-,20-17-,25-24-,29-26-,38-35-. The van der Waals surface area contributed by atoms with Crippen LogP contribution in [0.1, 0.15) is 194 Å². The molecule has 6 heteroatoms. The summed E-state index contributed by atoms with van der Waals surface area (Å²) < 4.78 is 16.6. The maximum Gasteiger partial charge on any atom is 0.306 e. The lowest BCUT2D eigenvalue weighted by molar-refractivity contribution is -0.166. The molecule has 0 heterocycles. The highest BCUT2D eigenvalue weighted by Gasteiger charge is 2.19. The van der Waals surface area contributed by atoms with Gasteiger partial charge in [-0.25, -0.2) is 0 Å². The number of ether oxygens (including phenoxy) is 3. The van der Waals surface area contributed by atoms with Crippen molar-refractivity contribution in [2.24, 2.45) is 0 Å². The summed E-state index contributed by atoms with van der Waals surface area (Å²) in [4.78, 5) is 37.7. The Morgan fingerprint density at radius 2 is 0.732 bits per heavy atom. The highest BCUT2D eigenvalue weighted by molar-refractivity contribution is 5.71. The van der Waals surface area contributed by atoms with Crippen LogP contribution in [0.25, 0.3) is 0 Å². The van der Waals surface area contributed by atoms with Crippen LogP contribution in [-0.4, -0.2) is 37.2 Å². The molecule has 0 aliphatic rings. The van der Waals surface area contributed by atoms with Crippen LogP contribution in [0.5, 0.6) is 0 Å². The summed E-state index contributed by atoms with van der Waals surface area (Å²) in [5, 5.41) is 0. The van der Waals surface area contributed by atoms with Gasteiger partial charge in [-0.2, -0.15) is 0 Å². The van der Waals surface area contributed by atoms with Gasteiger partial charge in [-0.3, -0.25) is 14.4 Å². The molecule has 318 valence electrons. The molecule has 0 aromatic rings. The molecule has 1 unspecified atom stereocenters. The largest absolute Gasteiger partial charge is 0.462 e. The minimum absolute atomic E-state index is 0.110. The van der Waals surface area contributed by atoms with E-state index in [-0.39, 0.29) is 31.6 Å². The van der Waals surface area contributed by atoms with E-state index in [2.05, 4.69) is 93.7 Å². The van der Waals surface area contributed by atoms with Gasteiger partial charge in [0.05, 0.1) is 0 Å². The van der Waals surface area contributed by atoms with Gasteiger partial charge in [0.1, 0.15) is 13.2 Å². The highest BCUT2D eigenvalue weighted by atomic mass is 16.6. The molecular weight excluding hydrogens is 697 g/mol. The Kier molecular flexibility index (Phi) is 41.6. The third kappa shape index (κ3) is 41.7. The summed E-state index contributed by atoms with van der Waals surface area (Å²) in [6.45, 7) is 6.29. The molecule has 0 bridgehead atoms. The molecule has 0 aromatic carbocycles. The van der Waals surface area contributed by atoms with E-state index in [0.717, 1.165) is 103 Å². The summed E-state index contributed by atoms with van der Waals surface area (Å²) in [7, 11) is 0. The van der Waals surface area contributed by atoms with Crippen molar-refractivity contribution in [3.63, 3.8) is 0 Å². The van der Waals surface area contributed by atoms with Gasteiger partial charge in [-0.1, -0.05) is 183 Å². The van der Waals surface area contributed by atoms with E-state index in [9.17, 15) is 14.4 Å². The minimum atomic E-state index is -0.818. The van der Waals surface area contributed by atoms with Crippen molar-refractivity contribution in [2.75, 3.05) is 13.2 Å². The molecule has 1 atom stereocenters. The van der Waals surface area contributed by atoms with Crippen molar-refractivity contribution in [2.45, 2.75) is 200 Å². The van der Waals surface area contributed by atoms with E-state index in [1.807, 2.05) is 12.2 Å². The number of allylic oxidation sites excluding steroid dienone is 14. The number of carbonyl (C=O) groups is 3.